The van der Waals surface area contributed by atoms with E-state index in [-0.39, 0.29) is 0 Å². The second-order valence-electron chi connectivity index (χ2n) is 6.37. The predicted molar refractivity (Wildman–Crippen MR) is 103 cm³/mol. The summed E-state index contributed by atoms with van der Waals surface area (Å²) in [5.41, 5.74) is 4.19. The lowest BCUT2D eigenvalue weighted by Crippen LogP contribution is -2.17. The third kappa shape index (κ3) is 3.61. The molecule has 0 aliphatic heterocycles. The van der Waals surface area contributed by atoms with Crippen molar-refractivity contribution in [1.29, 1.82) is 0 Å². The molecule has 0 atom stereocenters. The lowest BCUT2D eigenvalue weighted by molar-refractivity contribution is 0.266. The predicted octanol–water partition coefficient (Wildman–Crippen LogP) is 4.53. The van der Waals surface area contributed by atoms with Gasteiger partial charge in [-0.2, -0.15) is 5.10 Å². The molecule has 0 radical (unpaired) electrons. The van der Waals surface area contributed by atoms with Gasteiger partial charge in [0.15, 0.2) is 5.76 Å². The van der Waals surface area contributed by atoms with Crippen LogP contribution in [0.2, 0.25) is 0 Å². The van der Waals surface area contributed by atoms with Gasteiger partial charge in [0.05, 0.1) is 22.8 Å². The molecule has 0 aliphatic rings. The maximum atomic E-state index is 5.34. The van der Waals surface area contributed by atoms with Gasteiger partial charge < -0.3 is 4.52 Å². The Hall–Kier alpha value is -2.70. The number of aromatic nitrogens is 3. The van der Waals surface area contributed by atoms with Crippen LogP contribution in [0.5, 0.6) is 0 Å². The normalized spacial score (nSPS) is 11.3. The fourth-order valence-corrected chi connectivity index (χ4v) is 3.71. The summed E-state index contributed by atoms with van der Waals surface area (Å²) in [4.78, 5) is 3.39. The van der Waals surface area contributed by atoms with Crippen molar-refractivity contribution in [3.05, 3.63) is 77.1 Å². The van der Waals surface area contributed by atoms with Gasteiger partial charge in [-0.25, -0.2) is 4.68 Å². The molecular weight excluding hydrogens is 344 g/mol. The van der Waals surface area contributed by atoms with Gasteiger partial charge in [-0.15, -0.1) is 11.3 Å². The molecule has 3 heterocycles. The van der Waals surface area contributed by atoms with Crippen LogP contribution in [0.25, 0.3) is 16.3 Å². The number of hydrogen-bond acceptors (Lipinski definition) is 5. The molecule has 4 aromatic rings. The number of aryl methyl sites for hydroxylation is 1. The summed E-state index contributed by atoms with van der Waals surface area (Å²) in [6.07, 6.45) is 2.12. The van der Waals surface area contributed by atoms with E-state index in [1.54, 1.807) is 11.3 Å². The Labute approximate surface area is 156 Å². The van der Waals surface area contributed by atoms with Crippen molar-refractivity contribution in [2.75, 3.05) is 7.05 Å². The third-order valence-electron chi connectivity index (χ3n) is 4.11. The summed E-state index contributed by atoms with van der Waals surface area (Å²) in [6.45, 7) is 3.42. The van der Waals surface area contributed by atoms with E-state index in [9.17, 15) is 0 Å². The SMILES string of the molecule is Cc1cc(CN(C)Cc2cn(-c3ccccc3)nc2-c2cccs2)on1. The van der Waals surface area contributed by atoms with Gasteiger partial charge in [0, 0.05) is 24.4 Å². The Morgan fingerprint density at radius 2 is 1.96 bits per heavy atom. The Morgan fingerprint density at radius 3 is 2.65 bits per heavy atom. The van der Waals surface area contributed by atoms with Gasteiger partial charge in [-0.05, 0) is 37.6 Å². The summed E-state index contributed by atoms with van der Waals surface area (Å²) in [7, 11) is 2.08. The third-order valence-corrected chi connectivity index (χ3v) is 4.98. The van der Waals surface area contributed by atoms with Crippen molar-refractivity contribution in [2.24, 2.45) is 0 Å². The van der Waals surface area contributed by atoms with E-state index >= 15 is 0 Å². The molecule has 4 rings (SSSR count). The average molecular weight is 364 g/mol. The first-order chi connectivity index (χ1) is 12.7. The molecule has 5 nitrogen and oxygen atoms in total. The molecular formula is C20H20N4OS. The molecule has 0 spiro atoms. The lowest BCUT2D eigenvalue weighted by Gasteiger charge is -2.14. The number of hydrogen-bond donors (Lipinski definition) is 0. The molecule has 0 saturated carbocycles. The van der Waals surface area contributed by atoms with Crippen LogP contribution in [-0.4, -0.2) is 26.9 Å². The van der Waals surface area contributed by atoms with Crippen molar-refractivity contribution in [2.45, 2.75) is 20.0 Å². The fraction of sp³-hybridized carbons (Fsp3) is 0.200. The minimum absolute atomic E-state index is 0.710. The summed E-state index contributed by atoms with van der Waals surface area (Å²) >= 11 is 1.71. The molecule has 1 aromatic carbocycles. The van der Waals surface area contributed by atoms with Crippen LogP contribution >= 0.6 is 11.3 Å². The van der Waals surface area contributed by atoms with Crippen molar-refractivity contribution >= 4 is 11.3 Å². The van der Waals surface area contributed by atoms with Gasteiger partial charge >= 0.3 is 0 Å². The Bertz CT molecular complexity index is 973. The van der Waals surface area contributed by atoms with Gasteiger partial charge in [-0.3, -0.25) is 4.90 Å². The van der Waals surface area contributed by atoms with E-state index in [1.165, 1.54) is 10.4 Å². The van der Waals surface area contributed by atoms with Crippen LogP contribution < -0.4 is 0 Å². The monoisotopic (exact) mass is 364 g/mol. The zero-order chi connectivity index (χ0) is 17.9. The molecule has 26 heavy (non-hydrogen) atoms. The van der Waals surface area contributed by atoms with E-state index in [4.69, 9.17) is 9.62 Å². The maximum Gasteiger partial charge on any atom is 0.150 e. The van der Waals surface area contributed by atoms with Crippen molar-refractivity contribution in [1.82, 2.24) is 19.8 Å². The summed E-state index contributed by atoms with van der Waals surface area (Å²) in [6, 6.07) is 16.4. The largest absolute Gasteiger partial charge is 0.360 e. The molecule has 0 saturated heterocycles. The van der Waals surface area contributed by atoms with Crippen molar-refractivity contribution < 1.29 is 4.52 Å². The average Bonchev–Trinajstić information content (AvgIpc) is 3.37. The molecule has 6 heteroatoms. The highest BCUT2D eigenvalue weighted by Crippen LogP contribution is 2.28. The smallest absolute Gasteiger partial charge is 0.150 e. The number of para-hydroxylation sites is 1. The zero-order valence-corrected chi connectivity index (χ0v) is 15.6. The van der Waals surface area contributed by atoms with Crippen LogP contribution in [0.1, 0.15) is 17.0 Å². The first-order valence-electron chi connectivity index (χ1n) is 8.47. The van der Waals surface area contributed by atoms with Crippen molar-refractivity contribution in [3.63, 3.8) is 0 Å². The van der Waals surface area contributed by atoms with E-state index in [0.29, 0.717) is 6.54 Å². The van der Waals surface area contributed by atoms with E-state index in [2.05, 4.69) is 52.9 Å². The summed E-state index contributed by atoms with van der Waals surface area (Å²) in [5, 5.41) is 10.9. The molecule has 0 bridgehead atoms. The second kappa shape index (κ2) is 7.27. The first-order valence-corrected chi connectivity index (χ1v) is 9.35. The molecule has 0 aliphatic carbocycles. The number of thiophene rings is 1. The summed E-state index contributed by atoms with van der Waals surface area (Å²) in [5.74, 6) is 0.873. The second-order valence-corrected chi connectivity index (χ2v) is 7.31. The van der Waals surface area contributed by atoms with Crippen molar-refractivity contribution in [3.8, 4) is 16.3 Å². The highest BCUT2D eigenvalue weighted by Gasteiger charge is 2.15. The van der Waals surface area contributed by atoms with Gasteiger partial charge in [0.2, 0.25) is 0 Å². The first kappa shape index (κ1) is 16.8. The highest BCUT2D eigenvalue weighted by molar-refractivity contribution is 7.13. The maximum absolute atomic E-state index is 5.34. The molecule has 0 N–H and O–H groups in total. The van der Waals surface area contributed by atoms with Crippen LogP contribution in [0.3, 0.4) is 0 Å². The number of rotatable bonds is 6. The topological polar surface area (TPSA) is 47.1 Å². The number of benzene rings is 1. The Morgan fingerprint density at radius 1 is 1.12 bits per heavy atom. The van der Waals surface area contributed by atoms with Crippen LogP contribution in [0.4, 0.5) is 0 Å². The fourth-order valence-electron chi connectivity index (χ4n) is 2.96. The number of nitrogens with zero attached hydrogens (tertiary/aromatic N) is 4. The quantitative estimate of drug-likeness (QED) is 0.504. The van der Waals surface area contributed by atoms with Crippen LogP contribution in [-0.2, 0) is 13.1 Å². The lowest BCUT2D eigenvalue weighted by atomic mass is 10.2. The zero-order valence-electron chi connectivity index (χ0n) is 14.8. The van der Waals surface area contributed by atoms with Gasteiger partial charge in [0.1, 0.15) is 5.69 Å². The molecule has 3 aromatic heterocycles. The molecule has 0 unspecified atom stereocenters. The molecule has 0 amide bonds. The Kier molecular flexibility index (Phi) is 4.69. The highest BCUT2D eigenvalue weighted by atomic mass is 32.1. The van der Waals surface area contributed by atoms with E-state index < -0.39 is 0 Å². The van der Waals surface area contributed by atoms with Gasteiger partial charge in [0.25, 0.3) is 0 Å². The van der Waals surface area contributed by atoms with E-state index in [1.807, 2.05) is 35.9 Å². The molecule has 0 fully saturated rings. The van der Waals surface area contributed by atoms with E-state index in [0.717, 1.165) is 29.4 Å². The summed E-state index contributed by atoms with van der Waals surface area (Å²) < 4.78 is 7.29. The van der Waals surface area contributed by atoms with Crippen LogP contribution in [0.15, 0.2) is 64.6 Å². The minimum Gasteiger partial charge on any atom is -0.360 e. The minimum atomic E-state index is 0.710. The van der Waals surface area contributed by atoms with Gasteiger partial charge in [-0.1, -0.05) is 29.4 Å². The Balaban J connectivity index is 1.62. The standard InChI is InChI=1S/C20H20N4OS/c1-15-11-18(25-22-15)14-23(2)12-16-13-24(17-7-4-3-5-8-17)21-20(16)19-9-6-10-26-19/h3-11,13H,12,14H2,1-2H3. The van der Waals surface area contributed by atoms with Crippen LogP contribution in [0, 0.1) is 6.92 Å². The molecule has 132 valence electrons.